The molecule has 3 heterocycles. The topological polar surface area (TPSA) is 81.3 Å². The van der Waals surface area contributed by atoms with Crippen LogP contribution in [0.15, 0.2) is 42.6 Å². The molecule has 0 bridgehead atoms. The van der Waals surface area contributed by atoms with E-state index in [1.807, 2.05) is 36.2 Å². The molecule has 3 aliphatic rings. The molecule has 2 N–H and O–H groups in total. The number of amides is 2. The van der Waals surface area contributed by atoms with Crippen molar-refractivity contribution in [2.45, 2.75) is 64.2 Å². The van der Waals surface area contributed by atoms with E-state index in [1.165, 1.54) is 0 Å². The van der Waals surface area contributed by atoms with Gasteiger partial charge in [-0.3, -0.25) is 14.5 Å². The Kier molecular flexibility index (Phi) is 8.02. The molecule has 2 saturated heterocycles. The molecule has 1 aliphatic carbocycles. The number of aryl methyl sites for hydroxylation is 2. The zero-order chi connectivity index (χ0) is 30.4. The van der Waals surface area contributed by atoms with Crippen molar-refractivity contribution in [3.63, 3.8) is 0 Å². The molecule has 1 unspecified atom stereocenters. The first kappa shape index (κ1) is 29.7. The van der Waals surface area contributed by atoms with Gasteiger partial charge in [-0.15, -0.1) is 0 Å². The number of hydrogen-bond donors (Lipinski definition) is 2. The maximum atomic E-state index is 13.6. The van der Waals surface area contributed by atoms with Crippen LogP contribution in [0, 0.1) is 12.3 Å². The van der Waals surface area contributed by atoms with Crippen LogP contribution in [0.25, 0.3) is 0 Å². The lowest BCUT2D eigenvalue weighted by molar-refractivity contribution is -0.137. The Balaban J connectivity index is 1.07. The Hall–Kier alpha value is -3.37. The summed E-state index contributed by atoms with van der Waals surface area (Å²) in [4.78, 5) is 38.6. The molecule has 1 spiro atoms. The highest BCUT2D eigenvalue weighted by Gasteiger charge is 2.39. The van der Waals surface area contributed by atoms with Crippen LogP contribution >= 0.6 is 11.6 Å². The van der Waals surface area contributed by atoms with Gasteiger partial charge in [-0.2, -0.15) is 13.2 Å². The van der Waals surface area contributed by atoms with Crippen molar-refractivity contribution >= 4 is 23.4 Å². The van der Waals surface area contributed by atoms with E-state index in [0.29, 0.717) is 31.5 Å². The molecule has 1 atom stereocenters. The maximum absolute atomic E-state index is 13.6. The minimum absolute atomic E-state index is 0.0254. The van der Waals surface area contributed by atoms with Gasteiger partial charge in [0.2, 0.25) is 0 Å². The van der Waals surface area contributed by atoms with Gasteiger partial charge in [0, 0.05) is 37.1 Å². The van der Waals surface area contributed by atoms with Crippen molar-refractivity contribution in [2.24, 2.45) is 5.41 Å². The smallest absolute Gasteiger partial charge is 0.345 e. The summed E-state index contributed by atoms with van der Waals surface area (Å²) in [5.41, 5.74) is 2.68. The molecule has 7 nitrogen and oxygen atoms in total. The molecule has 2 aliphatic heterocycles. The lowest BCUT2D eigenvalue weighted by Crippen LogP contribution is -2.48. The van der Waals surface area contributed by atoms with Crippen molar-refractivity contribution in [2.75, 3.05) is 26.2 Å². The highest BCUT2D eigenvalue weighted by Crippen LogP contribution is 2.42. The Labute approximate surface area is 253 Å². The number of piperidine rings is 2. The van der Waals surface area contributed by atoms with Gasteiger partial charge in [0.25, 0.3) is 11.8 Å². The summed E-state index contributed by atoms with van der Waals surface area (Å²) in [5.74, 6) is 0.240. The van der Waals surface area contributed by atoms with Crippen LogP contribution in [0.1, 0.15) is 87.1 Å². The molecule has 1 aromatic heterocycles. The molecule has 6 rings (SSSR count). The molecular weight excluding hydrogens is 579 g/mol. The number of H-pyrrole nitrogens is 1. The predicted molar refractivity (Wildman–Crippen MR) is 157 cm³/mol. The lowest BCUT2D eigenvalue weighted by Gasteiger charge is -2.47. The second-order valence-electron chi connectivity index (χ2n) is 12.2. The Morgan fingerprint density at radius 1 is 1.07 bits per heavy atom. The number of likely N-dealkylation sites (tertiary alicyclic amines) is 2. The van der Waals surface area contributed by atoms with E-state index >= 15 is 0 Å². The summed E-state index contributed by atoms with van der Waals surface area (Å²) in [5, 5.41) is 2.80. The number of imidazole rings is 1. The molecule has 0 saturated carbocycles. The number of carbonyl (C=O) groups is 2. The third-order valence-electron chi connectivity index (χ3n) is 9.49. The Morgan fingerprint density at radius 2 is 1.79 bits per heavy atom. The monoisotopic (exact) mass is 613 g/mol. The minimum Gasteiger partial charge on any atom is -0.345 e. The number of halogens is 4. The molecular formula is C32H35ClF3N5O2. The molecule has 2 aromatic carbocycles. The Morgan fingerprint density at radius 3 is 2.47 bits per heavy atom. The van der Waals surface area contributed by atoms with Crippen LogP contribution in [0.4, 0.5) is 13.2 Å². The first-order chi connectivity index (χ1) is 20.5. The quantitative estimate of drug-likeness (QED) is 0.353. The molecule has 3 aromatic rings. The second-order valence-corrected chi connectivity index (χ2v) is 12.6. The van der Waals surface area contributed by atoms with Crippen molar-refractivity contribution in [1.29, 1.82) is 0 Å². The third-order valence-corrected chi connectivity index (χ3v) is 9.82. The van der Waals surface area contributed by atoms with E-state index in [4.69, 9.17) is 11.6 Å². The molecule has 0 radical (unpaired) electrons. The van der Waals surface area contributed by atoms with Gasteiger partial charge in [-0.1, -0.05) is 17.7 Å². The second kappa shape index (κ2) is 11.6. The average molecular weight is 614 g/mol. The van der Waals surface area contributed by atoms with Crippen molar-refractivity contribution < 1.29 is 22.8 Å². The highest BCUT2D eigenvalue weighted by molar-refractivity contribution is 6.33. The minimum atomic E-state index is -4.58. The summed E-state index contributed by atoms with van der Waals surface area (Å²) < 4.78 is 39.7. The molecule has 43 heavy (non-hydrogen) atoms. The number of hydrogen-bond acceptors (Lipinski definition) is 4. The fourth-order valence-corrected chi connectivity index (χ4v) is 7.05. The van der Waals surface area contributed by atoms with Crippen molar-refractivity contribution in [3.8, 4) is 0 Å². The first-order valence-corrected chi connectivity index (χ1v) is 15.2. The zero-order valence-corrected chi connectivity index (χ0v) is 24.8. The van der Waals surface area contributed by atoms with E-state index < -0.39 is 23.7 Å². The molecule has 11 heteroatoms. The van der Waals surface area contributed by atoms with Crippen LogP contribution in [-0.2, 0) is 19.1 Å². The summed E-state index contributed by atoms with van der Waals surface area (Å²) in [6.45, 7) is 6.34. The normalized spacial score (nSPS) is 20.3. The number of rotatable bonds is 5. The lowest BCUT2D eigenvalue weighted by atomic mass is 9.71. The van der Waals surface area contributed by atoms with Gasteiger partial charge < -0.3 is 15.2 Å². The van der Waals surface area contributed by atoms with Crippen LogP contribution < -0.4 is 5.32 Å². The fraction of sp³-hybridized carbons (Fsp3) is 0.469. The van der Waals surface area contributed by atoms with E-state index in [9.17, 15) is 22.8 Å². The van der Waals surface area contributed by atoms with Crippen LogP contribution in [0.2, 0.25) is 5.02 Å². The number of alkyl halides is 3. The third kappa shape index (κ3) is 6.31. The molecule has 228 valence electrons. The van der Waals surface area contributed by atoms with E-state index in [0.717, 1.165) is 86.2 Å². The van der Waals surface area contributed by atoms with Crippen LogP contribution in [-0.4, -0.2) is 57.8 Å². The largest absolute Gasteiger partial charge is 0.416 e. The van der Waals surface area contributed by atoms with Gasteiger partial charge in [0.05, 0.1) is 22.2 Å². The number of fused-ring (bicyclic) bond motifs is 1. The molecule has 2 amide bonds. The number of nitrogens with zero attached hydrogens (tertiary/aromatic N) is 3. The zero-order valence-electron chi connectivity index (χ0n) is 24.1. The first-order valence-electron chi connectivity index (χ1n) is 14.8. The van der Waals surface area contributed by atoms with Crippen LogP contribution in [0.3, 0.4) is 0 Å². The Bertz CT molecular complexity index is 1520. The number of nitrogens with one attached hydrogen (secondary N) is 2. The summed E-state index contributed by atoms with van der Waals surface area (Å²) in [6, 6.07) is 7.91. The van der Waals surface area contributed by atoms with E-state index in [2.05, 4.69) is 20.2 Å². The number of carbonyl (C=O) groups excluding carboxylic acids is 2. The highest BCUT2D eigenvalue weighted by atomic mass is 35.5. The van der Waals surface area contributed by atoms with Crippen molar-refractivity contribution in [3.05, 3.63) is 87.0 Å². The van der Waals surface area contributed by atoms with Gasteiger partial charge in [-0.25, -0.2) is 4.98 Å². The number of aromatic nitrogens is 2. The molecule has 2 fully saturated rings. The van der Waals surface area contributed by atoms with E-state index in [1.54, 1.807) is 0 Å². The average Bonchev–Trinajstić information content (AvgIpc) is 3.59. The van der Waals surface area contributed by atoms with E-state index in [-0.39, 0.29) is 21.9 Å². The fourth-order valence-electron chi connectivity index (χ4n) is 6.84. The number of aromatic amines is 1. The summed E-state index contributed by atoms with van der Waals surface area (Å²) in [7, 11) is 0. The number of benzene rings is 2. The van der Waals surface area contributed by atoms with Crippen molar-refractivity contribution in [1.82, 2.24) is 25.1 Å². The van der Waals surface area contributed by atoms with Gasteiger partial charge in [0.15, 0.2) is 0 Å². The predicted octanol–water partition coefficient (Wildman–Crippen LogP) is 6.33. The van der Waals surface area contributed by atoms with Crippen LogP contribution in [0.5, 0.6) is 0 Å². The van der Waals surface area contributed by atoms with Gasteiger partial charge in [0.1, 0.15) is 5.82 Å². The SMILES string of the molecule is Cc1ncc(CN2CCC3(CC2)CCN(C(=O)c2ccc4c(c2)C(NC(=O)c2cc(C(F)(F)F)ccc2Cl)CC4)CC3)[nH]1. The standard InChI is InChI=1S/C32H35ClF3N5O2/c1-20-37-18-24(38-20)19-40-12-8-31(9-13-40)10-14-41(15-11-31)30(43)22-3-2-21-4-7-28(25(21)16-22)39-29(42)26-17-23(32(34,35)36)5-6-27(26)33/h2-3,5-6,16-18,28H,4,7-15,19H2,1H3,(H,37,38)(H,39,42). The maximum Gasteiger partial charge on any atom is 0.416 e. The summed E-state index contributed by atoms with van der Waals surface area (Å²) >= 11 is 6.09. The van der Waals surface area contributed by atoms with Gasteiger partial charge >= 0.3 is 6.18 Å². The van der Waals surface area contributed by atoms with Gasteiger partial charge in [-0.05, 0) is 105 Å². The summed E-state index contributed by atoms with van der Waals surface area (Å²) in [6.07, 6.45) is 2.84.